The predicted molar refractivity (Wildman–Crippen MR) is 164 cm³/mol. The van der Waals surface area contributed by atoms with Crippen LogP contribution in [0.2, 0.25) is 5.02 Å². The first-order valence-electron chi connectivity index (χ1n) is 14.6. The number of halogens is 1. The molecule has 3 amide bonds. The van der Waals surface area contributed by atoms with E-state index in [1.165, 1.54) is 7.11 Å². The number of amides is 3. The monoisotopic (exact) mass is 617 g/mol. The van der Waals surface area contributed by atoms with Crippen molar-refractivity contribution < 1.29 is 33.3 Å². The van der Waals surface area contributed by atoms with E-state index in [1.807, 2.05) is 39.0 Å². The van der Waals surface area contributed by atoms with Crippen LogP contribution in [0.4, 0.5) is 9.59 Å². The van der Waals surface area contributed by atoms with E-state index in [0.717, 1.165) is 30.6 Å². The smallest absolute Gasteiger partial charge is 0.410 e. The van der Waals surface area contributed by atoms with Gasteiger partial charge in [-0.15, -0.1) is 0 Å². The van der Waals surface area contributed by atoms with E-state index in [1.54, 1.807) is 42.3 Å². The Balaban J connectivity index is 1.75. The Morgan fingerprint density at radius 3 is 2.47 bits per heavy atom. The zero-order chi connectivity index (χ0) is 31.4. The molecule has 0 unspecified atom stereocenters. The van der Waals surface area contributed by atoms with Crippen molar-refractivity contribution in [3.8, 4) is 0 Å². The van der Waals surface area contributed by atoms with Gasteiger partial charge in [0.1, 0.15) is 11.7 Å². The molecule has 2 aromatic rings. The molecule has 1 fully saturated rings. The number of carbonyl (C=O) groups is 3. The maximum atomic E-state index is 13.4. The van der Waals surface area contributed by atoms with Crippen LogP contribution in [-0.2, 0) is 18.9 Å². The zero-order valence-corrected chi connectivity index (χ0v) is 26.4. The largest absolute Gasteiger partial charge is 0.453 e. The zero-order valence-electron chi connectivity index (χ0n) is 25.7. The second kappa shape index (κ2) is 16.5. The third-order valence-electron chi connectivity index (χ3n) is 7.03. The number of ether oxygens (including phenoxy) is 4. The molecule has 1 heterocycles. The Morgan fingerprint density at radius 1 is 1.09 bits per heavy atom. The second-order valence-electron chi connectivity index (χ2n) is 11.6. The molecule has 0 spiro atoms. The first-order valence-corrected chi connectivity index (χ1v) is 14.9. The summed E-state index contributed by atoms with van der Waals surface area (Å²) in [7, 11) is 3.00. The van der Waals surface area contributed by atoms with Gasteiger partial charge in [0.25, 0.3) is 5.91 Å². The van der Waals surface area contributed by atoms with E-state index < -0.39 is 23.9 Å². The molecule has 1 saturated heterocycles. The van der Waals surface area contributed by atoms with Gasteiger partial charge in [0.15, 0.2) is 0 Å². The first-order chi connectivity index (χ1) is 20.5. The van der Waals surface area contributed by atoms with Gasteiger partial charge in [-0.3, -0.25) is 4.79 Å². The molecule has 0 bridgehead atoms. The summed E-state index contributed by atoms with van der Waals surface area (Å²) in [6.45, 7) is 7.55. The van der Waals surface area contributed by atoms with Crippen molar-refractivity contribution in [2.75, 3.05) is 47.1 Å². The Bertz CT molecular complexity index is 1210. The van der Waals surface area contributed by atoms with E-state index in [4.69, 9.17) is 25.8 Å². The molecule has 3 atom stereocenters. The normalized spacial score (nSPS) is 16.5. The molecule has 2 aromatic carbocycles. The Morgan fingerprint density at radius 2 is 1.81 bits per heavy atom. The summed E-state index contributed by atoms with van der Waals surface area (Å²) in [4.78, 5) is 39.3. The molecule has 11 heteroatoms. The molecule has 0 radical (unpaired) electrons. The molecule has 43 heavy (non-hydrogen) atoms. The van der Waals surface area contributed by atoms with Crippen LogP contribution in [0.25, 0.3) is 0 Å². The fourth-order valence-corrected chi connectivity index (χ4v) is 5.05. The van der Waals surface area contributed by atoms with Crippen molar-refractivity contribution in [2.45, 2.75) is 57.8 Å². The number of nitrogens with one attached hydrogen (secondary N) is 2. The first kappa shape index (κ1) is 34.2. The summed E-state index contributed by atoms with van der Waals surface area (Å²) in [6.07, 6.45) is 1.14. The van der Waals surface area contributed by atoms with Crippen molar-refractivity contribution in [1.82, 2.24) is 15.5 Å². The molecule has 236 valence electrons. The van der Waals surface area contributed by atoms with Crippen LogP contribution in [-0.4, -0.2) is 81.7 Å². The molecule has 1 aliphatic heterocycles. The molecule has 0 aromatic heterocycles. The third-order valence-corrected chi connectivity index (χ3v) is 7.27. The van der Waals surface area contributed by atoms with E-state index in [0.29, 0.717) is 23.6 Å². The molecule has 0 aliphatic carbocycles. The number of alkyl carbamates (subject to hydrolysis) is 1. The van der Waals surface area contributed by atoms with Crippen LogP contribution < -0.4 is 10.6 Å². The van der Waals surface area contributed by atoms with Gasteiger partial charge in [-0.2, -0.15) is 0 Å². The standard InChI is InChI=1S/C32H44ClN3O7/c1-32(2,3)43-31(39)36(4)27(17-22-9-8-15-41-21-22)20-35-29(37)25-12-6-10-23(18-25)28(24-11-7-13-26(33)19-24)42-16-14-34-30(38)40-5/h6-7,10-13,18-19,22,27-28H,8-9,14-17,20-21H2,1-5H3,(H,34,38)(H,35,37)/t22-,27+,28-/m1/s1. The molecule has 10 nitrogen and oxygen atoms in total. The van der Waals surface area contributed by atoms with Crippen LogP contribution in [0.15, 0.2) is 48.5 Å². The maximum Gasteiger partial charge on any atom is 0.410 e. The highest BCUT2D eigenvalue weighted by Crippen LogP contribution is 2.29. The topological polar surface area (TPSA) is 115 Å². The Hall–Kier alpha value is -3.34. The fraction of sp³-hybridized carbons (Fsp3) is 0.531. The maximum absolute atomic E-state index is 13.4. The lowest BCUT2D eigenvalue weighted by Gasteiger charge is -2.34. The number of nitrogens with zero attached hydrogens (tertiary/aromatic N) is 1. The average Bonchev–Trinajstić information content (AvgIpc) is 2.98. The molecule has 2 N–H and O–H groups in total. The molecular formula is C32H44ClN3O7. The van der Waals surface area contributed by atoms with E-state index in [-0.39, 0.29) is 37.6 Å². The molecule has 0 saturated carbocycles. The van der Waals surface area contributed by atoms with E-state index >= 15 is 0 Å². The van der Waals surface area contributed by atoms with E-state index in [2.05, 4.69) is 15.4 Å². The second-order valence-corrected chi connectivity index (χ2v) is 12.1. The van der Waals surface area contributed by atoms with Crippen molar-refractivity contribution in [3.63, 3.8) is 0 Å². The van der Waals surface area contributed by atoms with Crippen LogP contribution >= 0.6 is 11.6 Å². The van der Waals surface area contributed by atoms with E-state index in [9.17, 15) is 14.4 Å². The number of benzene rings is 2. The van der Waals surface area contributed by atoms with Gasteiger partial charge in [0, 0.05) is 43.9 Å². The van der Waals surface area contributed by atoms with Gasteiger partial charge in [-0.25, -0.2) is 9.59 Å². The molecular weight excluding hydrogens is 574 g/mol. The lowest BCUT2D eigenvalue weighted by atomic mass is 9.93. The molecule has 3 rings (SSSR count). The Labute approximate surface area is 259 Å². The lowest BCUT2D eigenvalue weighted by Crippen LogP contribution is -2.48. The number of hydrogen-bond donors (Lipinski definition) is 2. The lowest BCUT2D eigenvalue weighted by molar-refractivity contribution is 0.0112. The number of rotatable bonds is 12. The molecule has 1 aliphatic rings. The minimum Gasteiger partial charge on any atom is -0.453 e. The summed E-state index contributed by atoms with van der Waals surface area (Å²) >= 11 is 6.27. The summed E-state index contributed by atoms with van der Waals surface area (Å²) in [5.74, 6) is 0.00896. The number of methoxy groups -OCH3 is 1. The minimum atomic E-state index is -0.634. The predicted octanol–water partition coefficient (Wildman–Crippen LogP) is 5.58. The summed E-state index contributed by atoms with van der Waals surface area (Å²) in [5, 5.41) is 6.17. The van der Waals surface area contributed by atoms with Crippen LogP contribution in [0.5, 0.6) is 0 Å². The summed E-state index contributed by atoms with van der Waals surface area (Å²) in [5.41, 5.74) is 1.36. The average molecular weight is 618 g/mol. The van der Waals surface area contributed by atoms with Gasteiger partial charge in [-0.05, 0) is 81.3 Å². The number of hydrogen-bond acceptors (Lipinski definition) is 7. The fourth-order valence-electron chi connectivity index (χ4n) is 4.85. The van der Waals surface area contributed by atoms with Gasteiger partial charge in [0.05, 0.1) is 19.8 Å². The van der Waals surface area contributed by atoms with Crippen molar-refractivity contribution in [2.24, 2.45) is 5.92 Å². The SMILES string of the molecule is COC(=O)NCCO[C@@H](c1cccc(Cl)c1)c1cccc(C(=O)NC[C@H](C[C@H]2CCCOC2)N(C)C(=O)OC(C)(C)C)c1. The quantitative estimate of drug-likeness (QED) is 0.299. The minimum absolute atomic E-state index is 0.201. The summed E-state index contributed by atoms with van der Waals surface area (Å²) < 4.78 is 22.0. The highest BCUT2D eigenvalue weighted by atomic mass is 35.5. The third kappa shape index (κ3) is 11.3. The van der Waals surface area contributed by atoms with Crippen LogP contribution in [0, 0.1) is 5.92 Å². The van der Waals surface area contributed by atoms with Gasteiger partial charge in [0.2, 0.25) is 0 Å². The van der Waals surface area contributed by atoms with Gasteiger partial charge >= 0.3 is 12.2 Å². The van der Waals surface area contributed by atoms with Crippen LogP contribution in [0.3, 0.4) is 0 Å². The number of likely N-dealkylation sites (N-methyl/N-ethyl adjacent to an activating group) is 1. The van der Waals surface area contributed by atoms with Crippen molar-refractivity contribution in [1.29, 1.82) is 0 Å². The highest BCUT2D eigenvalue weighted by molar-refractivity contribution is 6.30. The Kier molecular flexibility index (Phi) is 13.1. The van der Waals surface area contributed by atoms with Crippen molar-refractivity contribution in [3.05, 3.63) is 70.2 Å². The summed E-state index contributed by atoms with van der Waals surface area (Å²) in [6, 6.07) is 14.2. The van der Waals surface area contributed by atoms with Gasteiger partial charge in [-0.1, -0.05) is 35.9 Å². The highest BCUT2D eigenvalue weighted by Gasteiger charge is 2.29. The number of carbonyl (C=O) groups excluding carboxylic acids is 3. The van der Waals surface area contributed by atoms with Crippen molar-refractivity contribution >= 4 is 29.7 Å². The van der Waals surface area contributed by atoms with Gasteiger partial charge < -0.3 is 34.5 Å². The van der Waals surface area contributed by atoms with Crippen LogP contribution in [0.1, 0.15) is 67.6 Å².